The van der Waals surface area contributed by atoms with Crippen molar-refractivity contribution in [2.45, 2.75) is 26.7 Å². The Morgan fingerprint density at radius 3 is 2.67 bits per heavy atom. The minimum atomic E-state index is 0.583. The molecular weight excluding hydrogens is 260 g/mol. The number of para-hydroxylation sites is 1. The number of aryl methyl sites for hydroxylation is 1. The molecule has 1 aromatic heterocycles. The number of anilines is 3. The first kappa shape index (κ1) is 14.9. The van der Waals surface area contributed by atoms with E-state index in [0.29, 0.717) is 11.4 Å². The molecule has 0 fully saturated rings. The molecule has 108 valence electrons. The van der Waals surface area contributed by atoms with Crippen LogP contribution in [0, 0.1) is 18.3 Å². The predicted octanol–water partition coefficient (Wildman–Crippen LogP) is 4.22. The van der Waals surface area contributed by atoms with Crippen LogP contribution < -0.4 is 10.6 Å². The van der Waals surface area contributed by atoms with Crippen molar-refractivity contribution in [2.24, 2.45) is 0 Å². The Hall–Kier alpha value is -2.54. The van der Waals surface area contributed by atoms with Gasteiger partial charge in [0.2, 0.25) is 0 Å². The SMILES string of the molecule is CCCCNc1cc(C)c(C#N)c(Nc2ccccc2)n1. The largest absolute Gasteiger partial charge is 0.370 e. The van der Waals surface area contributed by atoms with Crippen molar-refractivity contribution < 1.29 is 0 Å². The average molecular weight is 280 g/mol. The second-order valence-corrected chi connectivity index (χ2v) is 4.93. The van der Waals surface area contributed by atoms with E-state index >= 15 is 0 Å². The van der Waals surface area contributed by atoms with Gasteiger partial charge in [-0.25, -0.2) is 4.98 Å². The number of unbranched alkanes of at least 4 members (excludes halogenated alkanes) is 1. The van der Waals surface area contributed by atoms with Crippen molar-refractivity contribution in [3.05, 3.63) is 47.5 Å². The van der Waals surface area contributed by atoms with Crippen LogP contribution in [0.15, 0.2) is 36.4 Å². The van der Waals surface area contributed by atoms with Gasteiger partial charge in [0.25, 0.3) is 0 Å². The fourth-order valence-electron chi connectivity index (χ4n) is 2.05. The van der Waals surface area contributed by atoms with E-state index in [-0.39, 0.29) is 0 Å². The third kappa shape index (κ3) is 3.96. The molecule has 2 N–H and O–H groups in total. The number of nitrogens with one attached hydrogen (secondary N) is 2. The molecule has 0 unspecified atom stereocenters. The number of nitrogens with zero attached hydrogens (tertiary/aromatic N) is 2. The summed E-state index contributed by atoms with van der Waals surface area (Å²) in [5, 5.41) is 15.9. The van der Waals surface area contributed by atoms with Crippen molar-refractivity contribution in [1.29, 1.82) is 5.26 Å². The predicted molar refractivity (Wildman–Crippen MR) is 86.8 cm³/mol. The first-order chi connectivity index (χ1) is 10.2. The maximum Gasteiger partial charge on any atom is 0.151 e. The summed E-state index contributed by atoms with van der Waals surface area (Å²) in [5.41, 5.74) is 2.43. The summed E-state index contributed by atoms with van der Waals surface area (Å²) in [5.74, 6) is 1.40. The van der Waals surface area contributed by atoms with Crippen LogP contribution in [0.1, 0.15) is 30.9 Å². The zero-order valence-corrected chi connectivity index (χ0v) is 12.5. The second kappa shape index (κ2) is 7.30. The van der Waals surface area contributed by atoms with E-state index in [4.69, 9.17) is 0 Å². The highest BCUT2D eigenvalue weighted by Gasteiger charge is 2.10. The van der Waals surface area contributed by atoms with Crippen LogP contribution in [-0.2, 0) is 0 Å². The molecule has 0 radical (unpaired) electrons. The van der Waals surface area contributed by atoms with Gasteiger partial charge >= 0.3 is 0 Å². The molecule has 1 heterocycles. The van der Waals surface area contributed by atoms with Gasteiger partial charge in [-0.15, -0.1) is 0 Å². The number of pyridine rings is 1. The van der Waals surface area contributed by atoms with Crippen molar-refractivity contribution in [3.63, 3.8) is 0 Å². The fraction of sp³-hybridized carbons (Fsp3) is 0.294. The number of rotatable bonds is 6. The highest BCUT2D eigenvalue weighted by atomic mass is 15.1. The summed E-state index contributed by atoms with van der Waals surface area (Å²) >= 11 is 0. The Morgan fingerprint density at radius 2 is 2.00 bits per heavy atom. The molecule has 2 aromatic rings. The number of hydrogen-bond donors (Lipinski definition) is 2. The van der Waals surface area contributed by atoms with Gasteiger partial charge in [0.1, 0.15) is 11.9 Å². The van der Waals surface area contributed by atoms with E-state index in [1.54, 1.807) is 0 Å². The Bertz CT molecular complexity index is 629. The minimum absolute atomic E-state index is 0.583. The molecule has 0 amide bonds. The van der Waals surface area contributed by atoms with Gasteiger partial charge in [0, 0.05) is 12.2 Å². The Morgan fingerprint density at radius 1 is 1.24 bits per heavy atom. The number of nitriles is 1. The van der Waals surface area contributed by atoms with Crippen molar-refractivity contribution in [2.75, 3.05) is 17.2 Å². The number of benzene rings is 1. The van der Waals surface area contributed by atoms with Gasteiger partial charge in [-0.2, -0.15) is 5.26 Å². The van der Waals surface area contributed by atoms with E-state index in [9.17, 15) is 5.26 Å². The highest BCUT2D eigenvalue weighted by Crippen LogP contribution is 2.23. The van der Waals surface area contributed by atoms with E-state index < -0.39 is 0 Å². The van der Waals surface area contributed by atoms with Gasteiger partial charge in [-0.3, -0.25) is 0 Å². The van der Waals surface area contributed by atoms with E-state index in [1.807, 2.05) is 43.3 Å². The van der Waals surface area contributed by atoms with Gasteiger partial charge in [0.05, 0.1) is 5.56 Å². The third-order valence-electron chi connectivity index (χ3n) is 3.20. The van der Waals surface area contributed by atoms with Gasteiger partial charge in [-0.05, 0) is 37.1 Å². The van der Waals surface area contributed by atoms with Gasteiger partial charge in [-0.1, -0.05) is 31.5 Å². The zero-order chi connectivity index (χ0) is 15.1. The molecule has 0 aliphatic rings. The summed E-state index contributed by atoms with van der Waals surface area (Å²) in [6, 6.07) is 13.9. The van der Waals surface area contributed by atoms with E-state index in [0.717, 1.165) is 36.5 Å². The molecule has 1 aromatic carbocycles. The summed E-state index contributed by atoms with van der Waals surface area (Å²) < 4.78 is 0. The van der Waals surface area contributed by atoms with Crippen molar-refractivity contribution in [1.82, 2.24) is 4.98 Å². The molecule has 0 saturated heterocycles. The lowest BCUT2D eigenvalue weighted by Gasteiger charge is -2.12. The Balaban J connectivity index is 2.27. The van der Waals surface area contributed by atoms with E-state index in [2.05, 4.69) is 28.6 Å². The van der Waals surface area contributed by atoms with Crippen LogP contribution in [0.3, 0.4) is 0 Å². The number of aromatic nitrogens is 1. The molecule has 0 atom stereocenters. The summed E-state index contributed by atoms with van der Waals surface area (Å²) in [4.78, 5) is 4.53. The molecule has 4 nitrogen and oxygen atoms in total. The van der Waals surface area contributed by atoms with E-state index in [1.165, 1.54) is 0 Å². The maximum absolute atomic E-state index is 9.33. The van der Waals surface area contributed by atoms with Gasteiger partial charge in [0.15, 0.2) is 5.82 Å². The molecule has 2 rings (SSSR count). The highest BCUT2D eigenvalue weighted by molar-refractivity contribution is 5.67. The molecular formula is C17H20N4. The molecule has 0 aliphatic carbocycles. The zero-order valence-electron chi connectivity index (χ0n) is 12.5. The molecule has 0 bridgehead atoms. The van der Waals surface area contributed by atoms with Crippen LogP contribution in [-0.4, -0.2) is 11.5 Å². The topological polar surface area (TPSA) is 60.7 Å². The van der Waals surface area contributed by atoms with Crippen molar-refractivity contribution >= 4 is 17.3 Å². The molecule has 4 heteroatoms. The monoisotopic (exact) mass is 280 g/mol. The summed E-state index contributed by atoms with van der Waals surface area (Å²) in [7, 11) is 0. The lowest BCUT2D eigenvalue weighted by Crippen LogP contribution is -2.06. The summed E-state index contributed by atoms with van der Waals surface area (Å²) in [6.07, 6.45) is 2.24. The third-order valence-corrected chi connectivity index (χ3v) is 3.20. The molecule has 0 aliphatic heterocycles. The molecule has 21 heavy (non-hydrogen) atoms. The fourth-order valence-corrected chi connectivity index (χ4v) is 2.05. The van der Waals surface area contributed by atoms with Gasteiger partial charge < -0.3 is 10.6 Å². The van der Waals surface area contributed by atoms with Crippen LogP contribution in [0.4, 0.5) is 17.3 Å². The molecule has 0 spiro atoms. The number of hydrogen-bond acceptors (Lipinski definition) is 4. The first-order valence-electron chi connectivity index (χ1n) is 7.22. The van der Waals surface area contributed by atoms with Crippen LogP contribution in [0.25, 0.3) is 0 Å². The average Bonchev–Trinajstić information content (AvgIpc) is 2.48. The normalized spacial score (nSPS) is 9.95. The quantitative estimate of drug-likeness (QED) is 0.778. The second-order valence-electron chi connectivity index (χ2n) is 4.93. The van der Waals surface area contributed by atoms with Crippen molar-refractivity contribution in [3.8, 4) is 6.07 Å². The maximum atomic E-state index is 9.33. The Labute approximate surface area is 125 Å². The van der Waals surface area contributed by atoms with Crippen LogP contribution in [0.5, 0.6) is 0 Å². The minimum Gasteiger partial charge on any atom is -0.370 e. The lowest BCUT2D eigenvalue weighted by molar-refractivity contribution is 0.831. The van der Waals surface area contributed by atoms with Crippen LogP contribution >= 0.6 is 0 Å². The first-order valence-corrected chi connectivity index (χ1v) is 7.22. The smallest absolute Gasteiger partial charge is 0.151 e. The standard InChI is InChI=1S/C17H20N4/c1-3-4-10-19-16-11-13(2)15(12-18)17(21-16)20-14-8-6-5-7-9-14/h5-9,11H,3-4,10H2,1-2H3,(H2,19,20,21). The van der Waals surface area contributed by atoms with Crippen LogP contribution in [0.2, 0.25) is 0 Å². The summed E-state index contributed by atoms with van der Waals surface area (Å²) in [6.45, 7) is 4.97. The lowest BCUT2D eigenvalue weighted by atomic mass is 10.1. The Kier molecular flexibility index (Phi) is 5.16. The molecule has 0 saturated carbocycles.